The molecule has 0 aromatic carbocycles. The van der Waals surface area contributed by atoms with Gasteiger partial charge in [0, 0.05) is 31.8 Å². The molecule has 1 heterocycles. The van der Waals surface area contributed by atoms with E-state index in [1.165, 1.54) is 31.9 Å². The summed E-state index contributed by atoms with van der Waals surface area (Å²) < 4.78 is 17.1. The number of carbonyl (C=O) groups excluding carboxylic acids is 3. The van der Waals surface area contributed by atoms with Gasteiger partial charge in [-0.15, -0.1) is 0 Å². The monoisotopic (exact) mass is 582 g/mol. The van der Waals surface area contributed by atoms with Crippen LogP contribution in [0, 0.1) is 34.5 Å². The third kappa shape index (κ3) is 4.83. The Hall–Kier alpha value is -2.90. The molecule has 8 nitrogen and oxygen atoms in total. The first-order chi connectivity index (χ1) is 19.5. The average molecular weight is 583 g/mol. The highest BCUT2D eigenvalue weighted by molar-refractivity contribution is 5.84. The van der Waals surface area contributed by atoms with Gasteiger partial charge < -0.3 is 19.3 Å². The molecule has 0 aromatic rings. The fraction of sp³-hybridized carbons (Fsp3) is 0.706. The molecule has 5 aliphatic rings. The Bertz CT molecular complexity index is 1290. The average Bonchev–Trinajstić information content (AvgIpc) is 3.27. The minimum absolute atomic E-state index is 0.0291. The van der Waals surface area contributed by atoms with Crippen molar-refractivity contribution in [3.63, 3.8) is 0 Å². The zero-order chi connectivity index (χ0) is 30.8. The van der Waals surface area contributed by atoms with Crippen LogP contribution in [0.25, 0.3) is 0 Å². The van der Waals surface area contributed by atoms with E-state index in [1.54, 1.807) is 6.08 Å². The van der Waals surface area contributed by atoms with E-state index >= 15 is 0 Å². The number of rotatable bonds is 5. The van der Waals surface area contributed by atoms with Crippen molar-refractivity contribution in [3.8, 4) is 0 Å². The summed E-state index contributed by atoms with van der Waals surface area (Å²) in [6.45, 7) is 12.9. The third-order valence-corrected chi connectivity index (χ3v) is 12.0. The summed E-state index contributed by atoms with van der Waals surface area (Å²) in [5.74, 6) is -2.64. The maximum Gasteiger partial charge on any atom is 0.348 e. The van der Waals surface area contributed by atoms with Crippen LogP contribution in [0.15, 0.2) is 34.9 Å². The molecule has 0 bridgehead atoms. The lowest BCUT2D eigenvalue weighted by molar-refractivity contribution is -0.182. The van der Waals surface area contributed by atoms with Gasteiger partial charge in [0.05, 0.1) is 0 Å². The fourth-order valence-corrected chi connectivity index (χ4v) is 9.65. The number of aliphatic carboxylic acids is 1. The SMILES string of the molecule is CC(=O)O[C@@H]1C[C@H]([C@@](C)(OC(C)=O)C(=O)O)C[C@H]1C1CC[C@@]2(C)C3=C(C=C4C=CC(=O)OC(C)(C)[C@@H]4CC3)CC[C@]12C. The van der Waals surface area contributed by atoms with Gasteiger partial charge in [0.1, 0.15) is 11.7 Å². The number of hydrogen-bond donors (Lipinski definition) is 1. The molecule has 8 heteroatoms. The number of carbonyl (C=O) groups is 4. The molecule has 0 radical (unpaired) electrons. The number of ether oxygens (including phenoxy) is 3. The number of hydrogen-bond acceptors (Lipinski definition) is 7. The Balaban J connectivity index is 1.49. The van der Waals surface area contributed by atoms with E-state index in [9.17, 15) is 24.3 Å². The molecule has 4 aliphatic carbocycles. The smallest absolute Gasteiger partial charge is 0.348 e. The van der Waals surface area contributed by atoms with Crippen LogP contribution in [-0.2, 0) is 33.4 Å². The number of carboxylic acid groups (broad SMARTS) is 1. The van der Waals surface area contributed by atoms with E-state index in [1.807, 2.05) is 19.9 Å². The molecule has 230 valence electrons. The highest BCUT2D eigenvalue weighted by Gasteiger charge is 2.63. The molecule has 0 aromatic heterocycles. The summed E-state index contributed by atoms with van der Waals surface area (Å²) in [6.07, 6.45) is 11.9. The highest BCUT2D eigenvalue weighted by Crippen LogP contribution is 2.69. The number of cyclic esters (lactones) is 1. The molecule has 1 unspecified atom stereocenters. The zero-order valence-corrected chi connectivity index (χ0v) is 26.1. The van der Waals surface area contributed by atoms with Gasteiger partial charge in [-0.1, -0.05) is 31.6 Å². The summed E-state index contributed by atoms with van der Waals surface area (Å²) in [5.41, 5.74) is 1.59. The van der Waals surface area contributed by atoms with Crippen molar-refractivity contribution < 1.29 is 38.5 Å². The van der Waals surface area contributed by atoms with Gasteiger partial charge in [0.25, 0.3) is 0 Å². The van der Waals surface area contributed by atoms with Crippen molar-refractivity contribution in [2.75, 3.05) is 0 Å². The van der Waals surface area contributed by atoms with Crippen LogP contribution in [0.4, 0.5) is 0 Å². The zero-order valence-electron chi connectivity index (χ0n) is 26.1. The van der Waals surface area contributed by atoms with Gasteiger partial charge in [-0.05, 0) is 106 Å². The lowest BCUT2D eigenvalue weighted by Gasteiger charge is -2.52. The minimum atomic E-state index is -1.68. The lowest BCUT2D eigenvalue weighted by Crippen LogP contribution is -2.46. The van der Waals surface area contributed by atoms with E-state index in [-0.39, 0.29) is 40.5 Å². The van der Waals surface area contributed by atoms with Crippen molar-refractivity contribution in [1.29, 1.82) is 0 Å². The van der Waals surface area contributed by atoms with Gasteiger partial charge in [-0.2, -0.15) is 0 Å². The number of fused-ring (bicyclic) bond motifs is 3. The second-order valence-corrected chi connectivity index (χ2v) is 14.5. The van der Waals surface area contributed by atoms with Crippen LogP contribution < -0.4 is 0 Å². The van der Waals surface area contributed by atoms with E-state index in [0.29, 0.717) is 12.8 Å². The fourth-order valence-electron chi connectivity index (χ4n) is 9.65. The Kier molecular flexibility index (Phi) is 7.55. The van der Waals surface area contributed by atoms with E-state index in [2.05, 4.69) is 19.9 Å². The van der Waals surface area contributed by atoms with Crippen molar-refractivity contribution in [1.82, 2.24) is 0 Å². The normalized spacial score (nSPS) is 38.5. The molecule has 2 fully saturated rings. The van der Waals surface area contributed by atoms with Crippen LogP contribution in [0.2, 0.25) is 0 Å². The van der Waals surface area contributed by atoms with Crippen LogP contribution >= 0.6 is 0 Å². The topological polar surface area (TPSA) is 116 Å². The van der Waals surface area contributed by atoms with E-state index < -0.39 is 35.2 Å². The molecule has 1 N–H and O–H groups in total. The highest BCUT2D eigenvalue weighted by atomic mass is 16.6. The third-order valence-electron chi connectivity index (χ3n) is 12.0. The maximum atomic E-state index is 12.4. The molecule has 0 amide bonds. The maximum absolute atomic E-state index is 12.4. The Morgan fingerprint density at radius 3 is 2.36 bits per heavy atom. The minimum Gasteiger partial charge on any atom is -0.478 e. The van der Waals surface area contributed by atoms with Crippen molar-refractivity contribution >= 4 is 23.9 Å². The van der Waals surface area contributed by atoms with Crippen LogP contribution in [0.5, 0.6) is 0 Å². The van der Waals surface area contributed by atoms with Crippen LogP contribution in [-0.4, -0.2) is 46.3 Å². The Labute approximate surface area is 248 Å². The summed E-state index contributed by atoms with van der Waals surface area (Å²) in [4.78, 5) is 48.8. The molecule has 42 heavy (non-hydrogen) atoms. The van der Waals surface area contributed by atoms with E-state index in [4.69, 9.17) is 14.2 Å². The lowest BCUT2D eigenvalue weighted by atomic mass is 9.52. The first-order valence-corrected chi connectivity index (χ1v) is 15.5. The van der Waals surface area contributed by atoms with E-state index in [0.717, 1.165) is 44.1 Å². The predicted octanol–water partition coefficient (Wildman–Crippen LogP) is 6.09. The second-order valence-electron chi connectivity index (χ2n) is 14.5. The molecule has 0 saturated heterocycles. The number of esters is 3. The summed E-state index contributed by atoms with van der Waals surface area (Å²) >= 11 is 0. The largest absolute Gasteiger partial charge is 0.478 e. The molecular weight excluding hydrogens is 536 g/mol. The second kappa shape index (κ2) is 10.4. The van der Waals surface area contributed by atoms with Crippen molar-refractivity contribution in [3.05, 3.63) is 34.9 Å². The van der Waals surface area contributed by atoms with Gasteiger partial charge >= 0.3 is 23.9 Å². The molecule has 0 spiro atoms. The van der Waals surface area contributed by atoms with Gasteiger partial charge in [0.15, 0.2) is 0 Å². The first-order valence-electron chi connectivity index (χ1n) is 15.5. The Morgan fingerprint density at radius 1 is 1.00 bits per heavy atom. The van der Waals surface area contributed by atoms with Crippen molar-refractivity contribution in [2.24, 2.45) is 34.5 Å². The molecular formula is C34H46O8. The summed E-state index contributed by atoms with van der Waals surface area (Å²) in [6, 6.07) is 0. The van der Waals surface area contributed by atoms with Crippen LogP contribution in [0.3, 0.4) is 0 Å². The summed E-state index contributed by atoms with van der Waals surface area (Å²) in [5, 5.41) is 10.1. The van der Waals surface area contributed by atoms with Gasteiger partial charge in [-0.3, -0.25) is 9.59 Å². The molecule has 1 aliphatic heterocycles. The van der Waals surface area contributed by atoms with Crippen LogP contribution in [0.1, 0.15) is 99.8 Å². The quantitative estimate of drug-likeness (QED) is 0.306. The van der Waals surface area contributed by atoms with Gasteiger partial charge in [-0.25, -0.2) is 9.59 Å². The number of carboxylic acids is 1. The standard InChI is InChI=1S/C34H46O8/c1-19(35)40-28-18-23(34(7,30(38)39)41-20(2)36)17-24(28)27-13-15-32(5)26-10-9-25-21(8-11-29(37)42-31(25,3)4)16-22(26)12-14-33(27,32)6/h8,11,16,23-25,27-28H,9-10,12-15,17-18H2,1-7H3,(H,38,39)/t23-,24+,25-,27?,28-,32+,33-,34-/m1/s1. The molecule has 8 atom stereocenters. The predicted molar refractivity (Wildman–Crippen MR) is 155 cm³/mol. The molecule has 5 rings (SSSR count). The Morgan fingerprint density at radius 2 is 1.71 bits per heavy atom. The first kappa shape index (κ1) is 30.6. The number of allylic oxidation sites excluding steroid dienone is 4. The summed E-state index contributed by atoms with van der Waals surface area (Å²) in [7, 11) is 0. The van der Waals surface area contributed by atoms with Gasteiger partial charge in [0.2, 0.25) is 5.60 Å². The van der Waals surface area contributed by atoms with Crippen molar-refractivity contribution in [2.45, 2.75) is 117 Å². The molecule has 2 saturated carbocycles.